The summed E-state index contributed by atoms with van der Waals surface area (Å²) < 4.78 is 17.0. The van der Waals surface area contributed by atoms with Gasteiger partial charge in [-0.05, 0) is 30.2 Å². The molecule has 0 aliphatic carbocycles. The zero-order chi connectivity index (χ0) is 15.0. The van der Waals surface area contributed by atoms with Gasteiger partial charge in [-0.25, -0.2) is 0 Å². The number of rotatable bonds is 8. The second-order valence-electron chi connectivity index (χ2n) is 5.59. The van der Waals surface area contributed by atoms with Gasteiger partial charge in [-0.3, -0.25) is 0 Å². The lowest BCUT2D eigenvalue weighted by atomic mass is 9.79. The Morgan fingerprint density at radius 1 is 1.15 bits per heavy atom. The minimum absolute atomic E-state index is 0.0864. The van der Waals surface area contributed by atoms with Crippen molar-refractivity contribution in [1.29, 1.82) is 0 Å². The van der Waals surface area contributed by atoms with E-state index in [2.05, 4.69) is 30.8 Å². The summed E-state index contributed by atoms with van der Waals surface area (Å²) in [5.74, 6) is 1.40. The summed E-state index contributed by atoms with van der Waals surface area (Å²) in [7, 11) is 1.69. The molecule has 5 atom stereocenters. The van der Waals surface area contributed by atoms with Crippen LogP contribution in [0.5, 0.6) is 0 Å². The summed E-state index contributed by atoms with van der Waals surface area (Å²) in [6.45, 7) is 8.44. The molecule has 1 fully saturated rings. The van der Waals surface area contributed by atoms with E-state index in [0.29, 0.717) is 37.5 Å². The van der Waals surface area contributed by atoms with Crippen molar-refractivity contribution in [2.75, 3.05) is 26.9 Å². The maximum Gasteiger partial charge on any atom is 0.160 e. The number of unbranched alkanes of at least 4 members (excludes halogenated alkanes) is 1. The van der Waals surface area contributed by atoms with Crippen LogP contribution >= 0.6 is 0 Å². The molecule has 1 aliphatic rings. The molecule has 1 aliphatic heterocycles. The Hall–Kier alpha value is -0.810. The number of nitrogens with zero attached hydrogens (tertiary/aromatic N) is 3. The standard InChI is InChI=1S/C14H27N3O3/c1-10-11(2)13(20-14(18-4)12(10)3)9-19-8-6-5-7-16-17-15/h10-14H,5-9H2,1-4H3/t10-,11-,12?,13?,14-/m0/s1. The van der Waals surface area contributed by atoms with Crippen molar-refractivity contribution in [3.05, 3.63) is 10.4 Å². The van der Waals surface area contributed by atoms with Crippen LogP contribution in [0.3, 0.4) is 0 Å². The van der Waals surface area contributed by atoms with Crippen LogP contribution in [0.15, 0.2) is 5.11 Å². The molecule has 6 heteroatoms. The minimum atomic E-state index is -0.139. The topological polar surface area (TPSA) is 76.5 Å². The third-order valence-corrected chi connectivity index (χ3v) is 4.36. The molecule has 1 rings (SSSR count). The van der Waals surface area contributed by atoms with Gasteiger partial charge in [-0.15, -0.1) is 0 Å². The fourth-order valence-corrected chi connectivity index (χ4v) is 2.58. The van der Waals surface area contributed by atoms with Crippen LogP contribution in [0.2, 0.25) is 0 Å². The number of hydrogen-bond donors (Lipinski definition) is 0. The van der Waals surface area contributed by atoms with E-state index in [9.17, 15) is 0 Å². The van der Waals surface area contributed by atoms with Gasteiger partial charge in [-0.2, -0.15) is 0 Å². The molecule has 1 saturated heterocycles. The van der Waals surface area contributed by atoms with Gasteiger partial charge < -0.3 is 14.2 Å². The number of methoxy groups -OCH3 is 1. The predicted octanol–water partition coefficient (Wildman–Crippen LogP) is 3.37. The van der Waals surface area contributed by atoms with Crippen LogP contribution in [0.1, 0.15) is 33.6 Å². The van der Waals surface area contributed by atoms with Crippen LogP contribution in [-0.4, -0.2) is 39.3 Å². The molecule has 116 valence electrons. The molecule has 0 radical (unpaired) electrons. The maximum atomic E-state index is 8.16. The lowest BCUT2D eigenvalue weighted by Gasteiger charge is -2.42. The van der Waals surface area contributed by atoms with Gasteiger partial charge in [-0.1, -0.05) is 25.9 Å². The normalized spacial score (nSPS) is 33.7. The summed E-state index contributed by atoms with van der Waals surface area (Å²) in [6.07, 6.45) is 1.71. The molecule has 0 saturated carbocycles. The highest BCUT2D eigenvalue weighted by Crippen LogP contribution is 2.35. The molecule has 0 N–H and O–H groups in total. The third kappa shape index (κ3) is 4.94. The van der Waals surface area contributed by atoms with Crippen molar-refractivity contribution >= 4 is 0 Å². The molecule has 2 unspecified atom stereocenters. The van der Waals surface area contributed by atoms with E-state index in [1.807, 2.05) is 0 Å². The second kappa shape index (κ2) is 9.19. The second-order valence-corrected chi connectivity index (χ2v) is 5.59. The first-order valence-corrected chi connectivity index (χ1v) is 7.38. The number of hydrogen-bond acceptors (Lipinski definition) is 4. The smallest absolute Gasteiger partial charge is 0.160 e. The zero-order valence-corrected chi connectivity index (χ0v) is 13.0. The first-order valence-electron chi connectivity index (χ1n) is 7.38. The molecule has 0 aromatic heterocycles. The zero-order valence-electron chi connectivity index (χ0n) is 13.0. The van der Waals surface area contributed by atoms with Gasteiger partial charge in [0.05, 0.1) is 12.7 Å². The third-order valence-electron chi connectivity index (χ3n) is 4.36. The minimum Gasteiger partial charge on any atom is -0.379 e. The van der Waals surface area contributed by atoms with Gasteiger partial charge >= 0.3 is 0 Å². The molecule has 0 aromatic rings. The van der Waals surface area contributed by atoms with Gasteiger partial charge in [0.2, 0.25) is 0 Å². The van der Waals surface area contributed by atoms with Crippen LogP contribution in [-0.2, 0) is 14.2 Å². The maximum absolute atomic E-state index is 8.16. The SMILES string of the molecule is CO[C@H]1OC(COCCCCN=[N+]=[N-])[C@@H](C)[C@H](C)C1C. The van der Waals surface area contributed by atoms with Crippen molar-refractivity contribution in [2.24, 2.45) is 22.9 Å². The highest BCUT2D eigenvalue weighted by molar-refractivity contribution is 4.82. The number of azide groups is 1. The van der Waals surface area contributed by atoms with Crippen molar-refractivity contribution in [3.63, 3.8) is 0 Å². The Morgan fingerprint density at radius 3 is 2.55 bits per heavy atom. The van der Waals surface area contributed by atoms with Crippen molar-refractivity contribution in [2.45, 2.75) is 46.0 Å². The van der Waals surface area contributed by atoms with E-state index in [-0.39, 0.29) is 12.4 Å². The Kier molecular flexibility index (Phi) is 7.92. The predicted molar refractivity (Wildman–Crippen MR) is 77.2 cm³/mol. The van der Waals surface area contributed by atoms with Crippen LogP contribution in [0, 0.1) is 17.8 Å². The molecular weight excluding hydrogens is 258 g/mol. The molecule has 0 amide bonds. The van der Waals surface area contributed by atoms with E-state index in [0.717, 1.165) is 12.8 Å². The van der Waals surface area contributed by atoms with E-state index in [4.69, 9.17) is 19.7 Å². The van der Waals surface area contributed by atoms with Gasteiger partial charge in [0, 0.05) is 31.1 Å². The van der Waals surface area contributed by atoms with Crippen LogP contribution < -0.4 is 0 Å². The van der Waals surface area contributed by atoms with E-state index < -0.39 is 0 Å². The molecule has 1 heterocycles. The summed E-state index contributed by atoms with van der Waals surface area (Å²) in [5, 5.41) is 3.49. The fourth-order valence-electron chi connectivity index (χ4n) is 2.58. The average Bonchev–Trinajstić information content (AvgIpc) is 2.46. The van der Waals surface area contributed by atoms with Crippen LogP contribution in [0.4, 0.5) is 0 Å². The Bertz CT molecular complexity index is 319. The lowest BCUT2D eigenvalue weighted by Crippen LogP contribution is -2.47. The van der Waals surface area contributed by atoms with Gasteiger partial charge in [0.1, 0.15) is 0 Å². The van der Waals surface area contributed by atoms with Gasteiger partial charge in [0.25, 0.3) is 0 Å². The summed E-state index contributed by atoms with van der Waals surface area (Å²) in [5.41, 5.74) is 8.16. The van der Waals surface area contributed by atoms with E-state index >= 15 is 0 Å². The molecule has 0 bridgehead atoms. The highest BCUT2D eigenvalue weighted by atomic mass is 16.7. The summed E-state index contributed by atoms with van der Waals surface area (Å²) >= 11 is 0. The number of ether oxygens (including phenoxy) is 3. The summed E-state index contributed by atoms with van der Waals surface area (Å²) in [4.78, 5) is 2.72. The Labute approximate surface area is 121 Å². The molecular formula is C14H27N3O3. The quantitative estimate of drug-likeness (QED) is 0.297. The largest absolute Gasteiger partial charge is 0.379 e. The first-order chi connectivity index (χ1) is 9.61. The Balaban J connectivity index is 2.26. The monoisotopic (exact) mass is 285 g/mol. The molecule has 20 heavy (non-hydrogen) atoms. The summed E-state index contributed by atoms with van der Waals surface area (Å²) in [6, 6.07) is 0. The van der Waals surface area contributed by atoms with Crippen molar-refractivity contribution < 1.29 is 14.2 Å². The average molecular weight is 285 g/mol. The fraction of sp³-hybridized carbons (Fsp3) is 1.00. The Morgan fingerprint density at radius 2 is 1.90 bits per heavy atom. The molecule has 6 nitrogen and oxygen atoms in total. The molecule has 0 aromatic carbocycles. The highest BCUT2D eigenvalue weighted by Gasteiger charge is 2.39. The molecule has 0 spiro atoms. The van der Waals surface area contributed by atoms with E-state index in [1.54, 1.807) is 7.11 Å². The van der Waals surface area contributed by atoms with Gasteiger partial charge in [0.15, 0.2) is 6.29 Å². The van der Waals surface area contributed by atoms with Crippen molar-refractivity contribution in [1.82, 2.24) is 0 Å². The first kappa shape index (κ1) is 17.2. The van der Waals surface area contributed by atoms with Crippen LogP contribution in [0.25, 0.3) is 10.4 Å². The van der Waals surface area contributed by atoms with E-state index in [1.165, 1.54) is 0 Å². The van der Waals surface area contributed by atoms with Crippen molar-refractivity contribution in [3.8, 4) is 0 Å². The lowest BCUT2D eigenvalue weighted by molar-refractivity contribution is -0.247.